The minimum atomic E-state index is -1.32. The molecule has 11 heteroatoms. The molecule has 3 heterocycles. The van der Waals surface area contributed by atoms with Crippen molar-refractivity contribution in [1.82, 2.24) is 24.6 Å². The second-order valence-electron chi connectivity index (χ2n) is 11.2. The van der Waals surface area contributed by atoms with E-state index in [1.165, 1.54) is 4.90 Å². The Hall–Kier alpha value is -4.82. The highest BCUT2D eigenvalue weighted by Gasteiger charge is 2.44. The van der Waals surface area contributed by atoms with Crippen molar-refractivity contribution in [3.8, 4) is 34.6 Å². The zero-order valence-electron chi connectivity index (χ0n) is 24.6. The van der Waals surface area contributed by atoms with Crippen molar-refractivity contribution in [1.29, 1.82) is 0 Å². The first-order valence-corrected chi connectivity index (χ1v) is 13.4. The van der Waals surface area contributed by atoms with Crippen LogP contribution in [0.15, 0.2) is 55.0 Å². The fraction of sp³-hybridized carbons (Fsp3) is 0.355. The number of fused-ring (bicyclic) bond motifs is 1. The van der Waals surface area contributed by atoms with Gasteiger partial charge in [0, 0.05) is 48.4 Å². The van der Waals surface area contributed by atoms with E-state index in [1.807, 2.05) is 48.5 Å². The molecule has 0 bridgehead atoms. The van der Waals surface area contributed by atoms with Gasteiger partial charge in [-0.3, -0.25) is 9.67 Å². The van der Waals surface area contributed by atoms with Gasteiger partial charge < -0.3 is 29.1 Å². The van der Waals surface area contributed by atoms with Crippen LogP contribution in [0.2, 0.25) is 0 Å². The number of nitrogens with zero attached hydrogens (tertiary/aromatic N) is 6. The molecule has 0 spiro atoms. The van der Waals surface area contributed by atoms with E-state index in [1.54, 1.807) is 58.1 Å². The fourth-order valence-electron chi connectivity index (χ4n) is 4.54. The molecule has 2 aromatic heterocycles. The molecule has 1 aliphatic rings. The molecule has 0 aliphatic carbocycles. The third-order valence-corrected chi connectivity index (χ3v) is 6.60. The highest BCUT2D eigenvalue weighted by Crippen LogP contribution is 2.34. The normalized spacial score (nSPS) is 14.0. The maximum absolute atomic E-state index is 12.3. The predicted octanol–water partition coefficient (Wildman–Crippen LogP) is 4.17. The molecule has 0 atom stereocenters. The second kappa shape index (κ2) is 11.2. The molecule has 1 saturated heterocycles. The molecule has 11 nitrogen and oxygen atoms in total. The van der Waals surface area contributed by atoms with Crippen LogP contribution in [0, 0.1) is 11.8 Å². The van der Waals surface area contributed by atoms with Gasteiger partial charge in [0.1, 0.15) is 17.1 Å². The third-order valence-electron chi connectivity index (χ3n) is 6.60. The van der Waals surface area contributed by atoms with Gasteiger partial charge in [-0.2, -0.15) is 5.10 Å². The monoisotopic (exact) mass is 570 g/mol. The molecule has 1 amide bonds. The van der Waals surface area contributed by atoms with Crippen LogP contribution in [0.3, 0.4) is 0 Å². The summed E-state index contributed by atoms with van der Waals surface area (Å²) >= 11 is 0. The van der Waals surface area contributed by atoms with Crippen molar-refractivity contribution in [2.24, 2.45) is 7.05 Å². The fourth-order valence-corrected chi connectivity index (χ4v) is 4.54. The molecular formula is C31H34N6O5. The number of carbonyl (C=O) groups is 1. The van der Waals surface area contributed by atoms with Gasteiger partial charge in [0.2, 0.25) is 0 Å². The molecule has 5 rings (SSSR count). The van der Waals surface area contributed by atoms with E-state index in [0.717, 1.165) is 22.5 Å². The lowest BCUT2D eigenvalue weighted by molar-refractivity contribution is -0.0638. The van der Waals surface area contributed by atoms with Gasteiger partial charge in [-0.25, -0.2) is 9.78 Å². The summed E-state index contributed by atoms with van der Waals surface area (Å²) in [6.07, 6.45) is 4.90. The average Bonchev–Trinajstić information content (AvgIpc) is 3.38. The third kappa shape index (κ3) is 6.39. The minimum Gasteiger partial charge on any atom is -0.497 e. The van der Waals surface area contributed by atoms with Crippen LogP contribution in [0.1, 0.15) is 20.8 Å². The molecule has 42 heavy (non-hydrogen) atoms. The van der Waals surface area contributed by atoms with E-state index >= 15 is 0 Å². The Morgan fingerprint density at radius 1 is 1.05 bits per heavy atom. The van der Waals surface area contributed by atoms with Crippen LogP contribution in [0.5, 0.6) is 11.5 Å². The molecule has 1 N–H and O–H groups in total. The highest BCUT2D eigenvalue weighted by atomic mass is 16.6. The number of β-amino-alcohol motifs (C(OH)–C–C–N with tert-alkyl or cyclic N) is 1. The molecule has 1 fully saturated rings. The predicted molar refractivity (Wildman–Crippen MR) is 159 cm³/mol. The highest BCUT2D eigenvalue weighted by molar-refractivity contribution is 5.83. The molecular weight excluding hydrogens is 536 g/mol. The van der Waals surface area contributed by atoms with Crippen molar-refractivity contribution in [2.45, 2.75) is 32.0 Å². The van der Waals surface area contributed by atoms with E-state index in [9.17, 15) is 9.90 Å². The van der Waals surface area contributed by atoms with E-state index in [2.05, 4.69) is 21.9 Å². The summed E-state index contributed by atoms with van der Waals surface area (Å²) < 4.78 is 18.1. The van der Waals surface area contributed by atoms with Crippen LogP contribution in [-0.4, -0.2) is 80.9 Å². The Labute approximate surface area is 244 Å². The number of rotatable bonds is 6. The second-order valence-corrected chi connectivity index (χ2v) is 11.2. The number of anilines is 2. The molecule has 4 aromatic rings. The van der Waals surface area contributed by atoms with Crippen LogP contribution >= 0.6 is 0 Å². The number of aromatic nitrogens is 4. The largest absolute Gasteiger partial charge is 0.497 e. The van der Waals surface area contributed by atoms with Gasteiger partial charge in [0.05, 0.1) is 63.0 Å². The van der Waals surface area contributed by atoms with Gasteiger partial charge in [-0.1, -0.05) is 11.8 Å². The summed E-state index contributed by atoms with van der Waals surface area (Å²) in [6.45, 7) is 5.78. The van der Waals surface area contributed by atoms with Crippen molar-refractivity contribution < 1.29 is 24.1 Å². The standard InChI is InChI=1S/C31H34N6O5/c1-30(2,3)42-29(38)36-19-31(39,20-36)10-7-11-37(23-12-24(40-5)15-25(13-23)41-6)22-8-9-26-27(14-22)34-28(17-32-26)21-16-33-35(4)18-21/h8-9,12-18,39H,11,19-20H2,1-6H3. The summed E-state index contributed by atoms with van der Waals surface area (Å²) in [5, 5.41) is 15.2. The summed E-state index contributed by atoms with van der Waals surface area (Å²) in [7, 11) is 5.04. The summed E-state index contributed by atoms with van der Waals surface area (Å²) in [5.74, 6) is 7.31. The number of aliphatic hydroxyl groups is 1. The number of aryl methyl sites for hydroxylation is 1. The summed E-state index contributed by atoms with van der Waals surface area (Å²) in [6, 6.07) is 11.3. The van der Waals surface area contributed by atoms with Gasteiger partial charge in [-0.05, 0) is 39.0 Å². The first kappa shape index (κ1) is 28.7. The number of hydrogen-bond acceptors (Lipinski definition) is 9. The van der Waals surface area contributed by atoms with Crippen LogP contribution in [0.25, 0.3) is 22.3 Å². The summed E-state index contributed by atoms with van der Waals surface area (Å²) in [5.41, 5.74) is 2.67. The Morgan fingerprint density at radius 3 is 2.38 bits per heavy atom. The smallest absolute Gasteiger partial charge is 0.410 e. The quantitative estimate of drug-likeness (QED) is 0.341. The van der Waals surface area contributed by atoms with Gasteiger partial charge in [0.15, 0.2) is 5.60 Å². The maximum atomic E-state index is 12.3. The lowest BCUT2D eigenvalue weighted by atomic mass is 9.95. The first-order chi connectivity index (χ1) is 19.9. The Balaban J connectivity index is 1.45. The topological polar surface area (TPSA) is 115 Å². The first-order valence-electron chi connectivity index (χ1n) is 13.4. The Morgan fingerprint density at radius 2 is 1.76 bits per heavy atom. The lowest BCUT2D eigenvalue weighted by Crippen LogP contribution is -2.63. The number of amides is 1. The van der Waals surface area contributed by atoms with Crippen molar-refractivity contribution >= 4 is 28.5 Å². The van der Waals surface area contributed by atoms with Crippen molar-refractivity contribution in [3.05, 3.63) is 55.0 Å². The number of hydrogen-bond donors (Lipinski definition) is 1. The SMILES string of the molecule is COc1cc(OC)cc(N(CC#CC2(O)CN(C(=O)OC(C)(C)C)C2)c2ccc3ncc(-c4cnn(C)c4)nc3c2)c1. The molecule has 0 saturated carbocycles. The number of benzene rings is 2. The number of ether oxygens (including phenoxy) is 3. The Bertz CT molecular complexity index is 1650. The minimum absolute atomic E-state index is 0.0740. The van der Waals surface area contributed by atoms with E-state index in [0.29, 0.717) is 22.7 Å². The molecule has 1 aliphatic heterocycles. The molecule has 0 radical (unpaired) electrons. The van der Waals surface area contributed by atoms with Gasteiger partial charge in [-0.15, -0.1) is 0 Å². The number of methoxy groups -OCH3 is 2. The van der Waals surface area contributed by atoms with E-state index < -0.39 is 17.3 Å². The van der Waals surface area contributed by atoms with Crippen LogP contribution in [-0.2, 0) is 11.8 Å². The maximum Gasteiger partial charge on any atom is 0.410 e. The Kier molecular flexibility index (Phi) is 7.67. The van der Waals surface area contributed by atoms with Gasteiger partial charge >= 0.3 is 6.09 Å². The number of carbonyl (C=O) groups excluding carboxylic acids is 1. The van der Waals surface area contributed by atoms with Crippen molar-refractivity contribution in [2.75, 3.05) is 38.8 Å². The van der Waals surface area contributed by atoms with Gasteiger partial charge in [0.25, 0.3) is 0 Å². The molecule has 218 valence electrons. The lowest BCUT2D eigenvalue weighted by Gasteiger charge is -2.43. The van der Waals surface area contributed by atoms with E-state index in [4.69, 9.17) is 19.2 Å². The molecule has 0 unspecified atom stereocenters. The zero-order chi connectivity index (χ0) is 30.1. The number of likely N-dealkylation sites (tertiary alicyclic amines) is 1. The van der Waals surface area contributed by atoms with Crippen molar-refractivity contribution in [3.63, 3.8) is 0 Å². The average molecular weight is 571 g/mol. The zero-order valence-corrected chi connectivity index (χ0v) is 24.6. The summed E-state index contributed by atoms with van der Waals surface area (Å²) in [4.78, 5) is 25.2. The van der Waals surface area contributed by atoms with Crippen LogP contribution in [0.4, 0.5) is 16.2 Å². The van der Waals surface area contributed by atoms with Crippen LogP contribution < -0.4 is 14.4 Å². The van der Waals surface area contributed by atoms with E-state index in [-0.39, 0.29) is 19.6 Å². The molecule has 2 aromatic carbocycles.